The maximum Gasteiger partial charge on any atom is 0.341 e. The van der Waals surface area contributed by atoms with Crippen molar-refractivity contribution in [3.8, 4) is 5.75 Å². The number of aromatic hydroxyl groups is 1. The molecule has 2 rings (SSSR count). The number of phenols is 1. The molecule has 0 amide bonds. The van der Waals surface area contributed by atoms with Gasteiger partial charge in [-0.25, -0.2) is 4.79 Å². The van der Waals surface area contributed by atoms with Crippen molar-refractivity contribution in [1.29, 1.82) is 0 Å². The monoisotopic (exact) mass is 291 g/mol. The van der Waals surface area contributed by atoms with E-state index in [1.54, 1.807) is 6.92 Å². The minimum atomic E-state index is -0.437. The van der Waals surface area contributed by atoms with Crippen LogP contribution in [0.2, 0.25) is 0 Å². The van der Waals surface area contributed by atoms with E-state index < -0.39 is 5.97 Å². The molecule has 0 aliphatic carbocycles. The van der Waals surface area contributed by atoms with Gasteiger partial charge in [-0.3, -0.25) is 0 Å². The van der Waals surface area contributed by atoms with Gasteiger partial charge in [0.1, 0.15) is 11.3 Å². The van der Waals surface area contributed by atoms with Crippen molar-refractivity contribution in [2.45, 2.75) is 46.5 Å². The Kier molecular flexibility index (Phi) is 5.10. The van der Waals surface area contributed by atoms with Crippen molar-refractivity contribution in [1.82, 2.24) is 0 Å². The Morgan fingerprint density at radius 3 is 2.33 bits per heavy atom. The summed E-state index contributed by atoms with van der Waals surface area (Å²) in [6.07, 6.45) is 3.93. The van der Waals surface area contributed by atoms with Crippen molar-refractivity contribution >= 4 is 11.7 Å². The van der Waals surface area contributed by atoms with E-state index in [1.165, 1.54) is 12.8 Å². The zero-order valence-electron chi connectivity index (χ0n) is 13.2. The lowest BCUT2D eigenvalue weighted by Crippen LogP contribution is -2.21. The number of nitrogens with zero attached hydrogens (tertiary/aromatic N) is 1. The number of carbonyl (C=O) groups excluding carboxylic acids is 1. The van der Waals surface area contributed by atoms with Gasteiger partial charge in [0.2, 0.25) is 0 Å². The summed E-state index contributed by atoms with van der Waals surface area (Å²) in [5.74, 6) is -0.344. The number of ether oxygens (including phenoxy) is 1. The number of esters is 1. The van der Waals surface area contributed by atoms with Crippen LogP contribution < -0.4 is 4.90 Å². The van der Waals surface area contributed by atoms with E-state index in [-0.39, 0.29) is 5.75 Å². The average molecular weight is 291 g/mol. The van der Waals surface area contributed by atoms with Gasteiger partial charge in [0.25, 0.3) is 0 Å². The summed E-state index contributed by atoms with van der Waals surface area (Å²) in [6, 6.07) is 1.82. The summed E-state index contributed by atoms with van der Waals surface area (Å²) in [6.45, 7) is 8.23. The molecule has 1 N–H and O–H groups in total. The van der Waals surface area contributed by atoms with Crippen LogP contribution in [-0.2, 0) is 17.6 Å². The molecule has 1 fully saturated rings. The molecule has 0 atom stereocenters. The van der Waals surface area contributed by atoms with E-state index in [9.17, 15) is 9.90 Å². The average Bonchev–Trinajstić information content (AvgIpc) is 3.00. The maximum absolute atomic E-state index is 12.1. The second kappa shape index (κ2) is 6.83. The lowest BCUT2D eigenvalue weighted by Gasteiger charge is -2.25. The molecule has 0 spiro atoms. The van der Waals surface area contributed by atoms with Gasteiger partial charge in [0.05, 0.1) is 6.61 Å². The van der Waals surface area contributed by atoms with Crippen molar-refractivity contribution in [3.05, 3.63) is 22.8 Å². The second-order valence-corrected chi connectivity index (χ2v) is 5.37. The molecule has 4 nitrogen and oxygen atoms in total. The standard InChI is InChI=1S/C17H25NO3/c1-4-12-13(5-2)16(19)14(17(20)21-6-3)11-15(12)18-9-7-8-10-18/h11,19H,4-10H2,1-3H3. The smallest absolute Gasteiger partial charge is 0.341 e. The van der Waals surface area contributed by atoms with Crippen LogP contribution in [0, 0.1) is 0 Å². The number of rotatable bonds is 5. The highest BCUT2D eigenvalue weighted by Crippen LogP contribution is 2.36. The molecular weight excluding hydrogens is 266 g/mol. The van der Waals surface area contributed by atoms with Gasteiger partial charge in [-0.1, -0.05) is 13.8 Å². The van der Waals surface area contributed by atoms with Crippen LogP contribution in [0.5, 0.6) is 5.75 Å². The van der Waals surface area contributed by atoms with Gasteiger partial charge in [-0.05, 0) is 49.8 Å². The Morgan fingerprint density at radius 1 is 1.19 bits per heavy atom. The molecule has 0 bridgehead atoms. The largest absolute Gasteiger partial charge is 0.507 e. The van der Waals surface area contributed by atoms with Crippen molar-refractivity contribution in [3.63, 3.8) is 0 Å². The minimum Gasteiger partial charge on any atom is -0.507 e. The zero-order chi connectivity index (χ0) is 15.4. The molecule has 0 saturated carbocycles. The second-order valence-electron chi connectivity index (χ2n) is 5.37. The maximum atomic E-state index is 12.1. The Balaban J connectivity index is 2.56. The summed E-state index contributed by atoms with van der Waals surface area (Å²) in [4.78, 5) is 14.4. The number of hydrogen-bond acceptors (Lipinski definition) is 4. The molecule has 1 heterocycles. The van der Waals surface area contributed by atoms with Gasteiger partial charge in [-0.2, -0.15) is 0 Å². The number of anilines is 1. The highest BCUT2D eigenvalue weighted by molar-refractivity contribution is 5.95. The van der Waals surface area contributed by atoms with Crippen molar-refractivity contribution in [2.24, 2.45) is 0 Å². The number of benzene rings is 1. The lowest BCUT2D eigenvalue weighted by molar-refractivity contribution is 0.0523. The van der Waals surface area contributed by atoms with Crippen LogP contribution in [0.25, 0.3) is 0 Å². The van der Waals surface area contributed by atoms with Crippen LogP contribution in [-0.4, -0.2) is 30.8 Å². The summed E-state index contributed by atoms with van der Waals surface area (Å²) >= 11 is 0. The Bertz CT molecular complexity index is 519. The highest BCUT2D eigenvalue weighted by atomic mass is 16.5. The third-order valence-electron chi connectivity index (χ3n) is 4.14. The lowest BCUT2D eigenvalue weighted by atomic mass is 9.95. The Hall–Kier alpha value is -1.71. The van der Waals surface area contributed by atoms with Crippen LogP contribution in [0.15, 0.2) is 6.07 Å². The molecular formula is C17H25NO3. The van der Waals surface area contributed by atoms with Crippen LogP contribution in [0.3, 0.4) is 0 Å². The third kappa shape index (κ3) is 2.99. The number of phenolic OH excluding ortho intramolecular Hbond substituents is 1. The first-order valence-corrected chi connectivity index (χ1v) is 7.93. The van der Waals surface area contributed by atoms with E-state index in [1.807, 2.05) is 13.0 Å². The molecule has 1 aromatic carbocycles. The number of carbonyl (C=O) groups is 1. The van der Waals surface area contributed by atoms with Gasteiger partial charge in [0.15, 0.2) is 0 Å². The third-order valence-corrected chi connectivity index (χ3v) is 4.14. The molecule has 4 heteroatoms. The summed E-state index contributed by atoms with van der Waals surface area (Å²) in [5, 5.41) is 10.4. The summed E-state index contributed by atoms with van der Waals surface area (Å²) in [5.41, 5.74) is 3.43. The normalized spacial score (nSPS) is 14.5. The molecule has 21 heavy (non-hydrogen) atoms. The first-order chi connectivity index (χ1) is 10.1. The van der Waals surface area contributed by atoms with Crippen LogP contribution in [0.1, 0.15) is 55.1 Å². The molecule has 1 aliphatic rings. The summed E-state index contributed by atoms with van der Waals surface area (Å²) < 4.78 is 5.08. The molecule has 0 unspecified atom stereocenters. The minimum absolute atomic E-state index is 0.0933. The molecule has 0 aromatic heterocycles. The van der Waals surface area contributed by atoms with Crippen molar-refractivity contribution < 1.29 is 14.6 Å². The first-order valence-electron chi connectivity index (χ1n) is 7.93. The number of hydrogen-bond donors (Lipinski definition) is 1. The summed E-state index contributed by atoms with van der Waals surface area (Å²) in [7, 11) is 0. The van der Waals surface area contributed by atoms with Gasteiger partial charge in [0, 0.05) is 18.8 Å². The molecule has 116 valence electrons. The zero-order valence-corrected chi connectivity index (χ0v) is 13.2. The van der Waals surface area contributed by atoms with Gasteiger partial charge < -0.3 is 14.7 Å². The SMILES string of the molecule is CCOC(=O)c1cc(N2CCCC2)c(CC)c(CC)c1O. The van der Waals surface area contributed by atoms with Gasteiger partial charge >= 0.3 is 5.97 Å². The predicted octanol–water partition coefficient (Wildman–Crippen LogP) is 3.29. The van der Waals surface area contributed by atoms with Crippen LogP contribution in [0.4, 0.5) is 5.69 Å². The van der Waals surface area contributed by atoms with E-state index >= 15 is 0 Å². The van der Waals surface area contributed by atoms with E-state index in [4.69, 9.17) is 4.74 Å². The molecule has 1 aliphatic heterocycles. The Labute approximate surface area is 126 Å². The molecule has 1 saturated heterocycles. The van der Waals surface area contributed by atoms with Crippen molar-refractivity contribution in [2.75, 3.05) is 24.6 Å². The highest BCUT2D eigenvalue weighted by Gasteiger charge is 2.24. The van der Waals surface area contributed by atoms with Gasteiger partial charge in [-0.15, -0.1) is 0 Å². The topological polar surface area (TPSA) is 49.8 Å². The fourth-order valence-corrected chi connectivity index (χ4v) is 3.13. The molecule has 1 aromatic rings. The fourth-order valence-electron chi connectivity index (χ4n) is 3.13. The molecule has 0 radical (unpaired) electrons. The Morgan fingerprint density at radius 2 is 1.81 bits per heavy atom. The van der Waals surface area contributed by atoms with E-state index in [2.05, 4.69) is 11.8 Å². The van der Waals surface area contributed by atoms with E-state index in [0.29, 0.717) is 18.6 Å². The van der Waals surface area contributed by atoms with Crippen LogP contribution >= 0.6 is 0 Å². The fraction of sp³-hybridized carbons (Fsp3) is 0.588. The predicted molar refractivity (Wildman–Crippen MR) is 84.3 cm³/mol. The quantitative estimate of drug-likeness (QED) is 0.846. The first kappa shape index (κ1) is 15.7. The van der Waals surface area contributed by atoms with E-state index in [0.717, 1.165) is 36.3 Å².